The van der Waals surface area contributed by atoms with E-state index in [1.165, 1.54) is 12.8 Å². The summed E-state index contributed by atoms with van der Waals surface area (Å²) < 4.78 is 5.79. The van der Waals surface area contributed by atoms with E-state index >= 15 is 0 Å². The Morgan fingerprint density at radius 2 is 2.12 bits per heavy atom. The van der Waals surface area contributed by atoms with Crippen LogP contribution >= 0.6 is 0 Å². The van der Waals surface area contributed by atoms with Crippen LogP contribution in [0.3, 0.4) is 0 Å². The number of rotatable bonds is 6. The Labute approximate surface area is 155 Å². The van der Waals surface area contributed by atoms with E-state index in [4.69, 9.17) is 4.74 Å². The van der Waals surface area contributed by atoms with E-state index in [0.717, 1.165) is 23.4 Å². The molecule has 6 nitrogen and oxygen atoms in total. The minimum atomic E-state index is -0.0682. The normalized spacial score (nSPS) is 16.5. The van der Waals surface area contributed by atoms with Crippen molar-refractivity contribution in [1.82, 2.24) is 15.5 Å². The molecule has 1 aromatic carbocycles. The molecule has 3 rings (SSSR count). The molecule has 1 saturated carbocycles. The Hall–Kier alpha value is -2.24. The smallest absolute Gasteiger partial charge is 0.318 e. The lowest BCUT2D eigenvalue weighted by Gasteiger charge is -2.22. The van der Waals surface area contributed by atoms with Gasteiger partial charge in [-0.15, -0.1) is 0 Å². The third-order valence-corrected chi connectivity index (χ3v) is 4.73. The van der Waals surface area contributed by atoms with E-state index in [-0.39, 0.29) is 18.0 Å². The van der Waals surface area contributed by atoms with E-state index in [9.17, 15) is 9.59 Å². The molecule has 0 aromatic heterocycles. The number of hydrogen-bond donors (Lipinski definition) is 2. The van der Waals surface area contributed by atoms with Gasteiger partial charge in [0.05, 0.1) is 13.1 Å². The van der Waals surface area contributed by atoms with Crippen LogP contribution in [0, 0.1) is 5.92 Å². The fourth-order valence-corrected chi connectivity index (χ4v) is 3.04. The molecular formula is C20H29N3O3. The lowest BCUT2D eigenvalue weighted by atomic mass is 10.0. The van der Waals surface area contributed by atoms with Crippen LogP contribution in [-0.4, -0.2) is 42.6 Å². The number of nitrogens with zero attached hydrogens (tertiary/aromatic N) is 1. The van der Waals surface area contributed by atoms with Gasteiger partial charge >= 0.3 is 6.03 Å². The number of carbonyl (C=O) groups excluding carboxylic acids is 2. The molecule has 0 saturated heterocycles. The molecule has 26 heavy (non-hydrogen) atoms. The largest absolute Gasteiger partial charge is 0.491 e. The molecule has 1 aromatic rings. The fraction of sp³-hybridized carbons (Fsp3) is 0.600. The zero-order valence-electron chi connectivity index (χ0n) is 15.7. The zero-order chi connectivity index (χ0) is 18.5. The molecule has 0 atom stereocenters. The standard InChI is InChI=1S/C20H29N3O3/c1-14(2)22-20(25)23-9-10-26-18-7-5-15(11-17(18)13-23)6-8-19(24)21-12-16-3-4-16/h5,7,11,14,16H,3-4,6,8-10,12-13H2,1-2H3,(H,21,24)(H,22,25). The molecule has 1 heterocycles. The maximum Gasteiger partial charge on any atom is 0.318 e. The minimum Gasteiger partial charge on any atom is -0.491 e. The van der Waals surface area contributed by atoms with Crippen molar-refractivity contribution < 1.29 is 14.3 Å². The molecular weight excluding hydrogens is 330 g/mol. The quantitative estimate of drug-likeness (QED) is 0.820. The van der Waals surface area contributed by atoms with E-state index in [0.29, 0.717) is 38.5 Å². The van der Waals surface area contributed by atoms with Crippen molar-refractivity contribution in [3.05, 3.63) is 29.3 Å². The second-order valence-corrected chi connectivity index (χ2v) is 7.56. The molecule has 2 N–H and O–H groups in total. The van der Waals surface area contributed by atoms with Crippen LogP contribution < -0.4 is 15.4 Å². The number of fused-ring (bicyclic) bond motifs is 1. The van der Waals surface area contributed by atoms with Crippen LogP contribution in [0.25, 0.3) is 0 Å². The number of ether oxygens (including phenoxy) is 1. The summed E-state index contributed by atoms with van der Waals surface area (Å²) in [4.78, 5) is 26.0. The minimum absolute atomic E-state index is 0.0682. The Bertz CT molecular complexity index is 656. The van der Waals surface area contributed by atoms with Crippen molar-refractivity contribution in [2.45, 2.75) is 52.1 Å². The van der Waals surface area contributed by atoms with Crippen molar-refractivity contribution in [2.24, 2.45) is 5.92 Å². The summed E-state index contributed by atoms with van der Waals surface area (Å²) in [6, 6.07) is 6.06. The SMILES string of the molecule is CC(C)NC(=O)N1CCOc2ccc(CCC(=O)NCC3CC3)cc2C1. The number of carbonyl (C=O) groups is 2. The summed E-state index contributed by atoms with van der Waals surface area (Å²) in [6.45, 7) is 6.29. The fourth-order valence-electron chi connectivity index (χ4n) is 3.04. The first kappa shape index (κ1) is 18.5. The second kappa shape index (κ2) is 8.43. The van der Waals surface area contributed by atoms with Gasteiger partial charge in [0, 0.05) is 24.6 Å². The second-order valence-electron chi connectivity index (χ2n) is 7.56. The molecule has 1 aliphatic carbocycles. The number of benzene rings is 1. The van der Waals surface area contributed by atoms with Crippen molar-refractivity contribution in [3.63, 3.8) is 0 Å². The van der Waals surface area contributed by atoms with Crippen LogP contribution in [0.4, 0.5) is 4.79 Å². The first-order chi connectivity index (χ1) is 12.5. The summed E-state index contributed by atoms with van der Waals surface area (Å²) in [5, 5.41) is 5.93. The van der Waals surface area contributed by atoms with Gasteiger partial charge in [0.2, 0.25) is 5.91 Å². The Morgan fingerprint density at radius 3 is 2.85 bits per heavy atom. The predicted molar refractivity (Wildman–Crippen MR) is 100 cm³/mol. The highest BCUT2D eigenvalue weighted by molar-refractivity contribution is 5.76. The van der Waals surface area contributed by atoms with Gasteiger partial charge in [-0.2, -0.15) is 0 Å². The molecule has 1 aliphatic heterocycles. The van der Waals surface area contributed by atoms with Crippen LogP contribution in [0.2, 0.25) is 0 Å². The Kier molecular flexibility index (Phi) is 6.01. The number of urea groups is 1. The molecule has 0 unspecified atom stereocenters. The van der Waals surface area contributed by atoms with Gasteiger partial charge in [-0.05, 0) is 50.7 Å². The van der Waals surface area contributed by atoms with Crippen LogP contribution in [-0.2, 0) is 17.8 Å². The van der Waals surface area contributed by atoms with E-state index in [2.05, 4.69) is 16.7 Å². The van der Waals surface area contributed by atoms with Gasteiger partial charge in [-0.3, -0.25) is 4.79 Å². The van der Waals surface area contributed by atoms with Crippen LogP contribution in [0.1, 0.15) is 44.2 Å². The highest BCUT2D eigenvalue weighted by atomic mass is 16.5. The predicted octanol–water partition coefficient (Wildman–Crippen LogP) is 2.46. The first-order valence-electron chi connectivity index (χ1n) is 9.58. The zero-order valence-corrected chi connectivity index (χ0v) is 15.7. The van der Waals surface area contributed by atoms with Gasteiger partial charge < -0.3 is 20.3 Å². The maximum absolute atomic E-state index is 12.3. The molecule has 142 valence electrons. The Morgan fingerprint density at radius 1 is 1.31 bits per heavy atom. The summed E-state index contributed by atoms with van der Waals surface area (Å²) in [5.74, 6) is 1.64. The molecule has 0 bridgehead atoms. The monoisotopic (exact) mass is 359 g/mol. The summed E-state index contributed by atoms with van der Waals surface area (Å²) in [5.41, 5.74) is 2.09. The van der Waals surface area contributed by atoms with Gasteiger partial charge in [-0.25, -0.2) is 4.79 Å². The van der Waals surface area contributed by atoms with Gasteiger partial charge in [0.15, 0.2) is 0 Å². The summed E-state index contributed by atoms with van der Waals surface area (Å²) in [7, 11) is 0. The average molecular weight is 359 g/mol. The van der Waals surface area contributed by atoms with Crippen molar-refractivity contribution in [1.29, 1.82) is 0 Å². The summed E-state index contributed by atoms with van der Waals surface area (Å²) >= 11 is 0. The van der Waals surface area contributed by atoms with Crippen molar-refractivity contribution in [3.8, 4) is 5.75 Å². The molecule has 3 amide bonds. The van der Waals surface area contributed by atoms with Crippen LogP contribution in [0.15, 0.2) is 18.2 Å². The highest BCUT2D eigenvalue weighted by Crippen LogP contribution is 2.27. The molecule has 0 spiro atoms. The third kappa shape index (κ3) is 5.38. The lowest BCUT2D eigenvalue weighted by Crippen LogP contribution is -2.43. The lowest BCUT2D eigenvalue weighted by molar-refractivity contribution is -0.121. The summed E-state index contributed by atoms with van der Waals surface area (Å²) in [6.07, 6.45) is 3.67. The number of aryl methyl sites for hydroxylation is 1. The number of nitrogens with one attached hydrogen (secondary N) is 2. The van der Waals surface area contributed by atoms with Gasteiger partial charge in [0.25, 0.3) is 0 Å². The van der Waals surface area contributed by atoms with Crippen LogP contribution in [0.5, 0.6) is 5.75 Å². The topological polar surface area (TPSA) is 70.7 Å². The van der Waals surface area contributed by atoms with E-state index < -0.39 is 0 Å². The number of hydrogen-bond acceptors (Lipinski definition) is 3. The number of amides is 3. The average Bonchev–Trinajstić information content (AvgIpc) is 3.43. The van der Waals surface area contributed by atoms with Crippen molar-refractivity contribution in [2.75, 3.05) is 19.7 Å². The molecule has 2 aliphatic rings. The Balaban J connectivity index is 1.58. The van der Waals surface area contributed by atoms with E-state index in [1.54, 1.807) is 4.90 Å². The maximum atomic E-state index is 12.3. The third-order valence-electron chi connectivity index (χ3n) is 4.73. The molecule has 1 fully saturated rings. The van der Waals surface area contributed by atoms with E-state index in [1.807, 2.05) is 26.0 Å². The molecule has 6 heteroatoms. The van der Waals surface area contributed by atoms with Gasteiger partial charge in [0.1, 0.15) is 12.4 Å². The van der Waals surface area contributed by atoms with Gasteiger partial charge in [-0.1, -0.05) is 12.1 Å². The van der Waals surface area contributed by atoms with Crippen molar-refractivity contribution >= 4 is 11.9 Å². The first-order valence-corrected chi connectivity index (χ1v) is 9.58. The molecule has 0 radical (unpaired) electrons. The highest BCUT2D eigenvalue weighted by Gasteiger charge is 2.22.